The van der Waals surface area contributed by atoms with E-state index in [2.05, 4.69) is 34.0 Å². The highest BCUT2D eigenvalue weighted by Gasteiger charge is 2.04. The summed E-state index contributed by atoms with van der Waals surface area (Å²) in [6, 6.07) is 12.2. The molecule has 0 saturated carbocycles. The number of fused-ring (bicyclic) bond motifs is 1. The molecule has 0 bridgehead atoms. The smallest absolute Gasteiger partial charge is 0.117 e. The van der Waals surface area contributed by atoms with Crippen LogP contribution < -0.4 is 0 Å². The Morgan fingerprint density at radius 1 is 1.05 bits per heavy atom. The highest BCUT2D eigenvalue weighted by atomic mass is 32.2. The first kappa shape index (κ1) is 12.1. The van der Waals surface area contributed by atoms with Gasteiger partial charge in [0.2, 0.25) is 0 Å². The molecule has 1 aromatic carbocycles. The number of rotatable bonds is 3. The quantitative estimate of drug-likeness (QED) is 0.536. The zero-order valence-electron chi connectivity index (χ0n) is 10.6. The van der Waals surface area contributed by atoms with Gasteiger partial charge in [-0.25, -0.2) is 9.97 Å². The fraction of sp³-hybridized carbons (Fsp3) is 0.133. The Kier molecular flexibility index (Phi) is 3.42. The zero-order chi connectivity index (χ0) is 13.1. The van der Waals surface area contributed by atoms with Gasteiger partial charge < -0.3 is 0 Å². The summed E-state index contributed by atoms with van der Waals surface area (Å²) in [6.07, 6.45) is 3.47. The summed E-state index contributed by atoms with van der Waals surface area (Å²) in [4.78, 5) is 13.0. The van der Waals surface area contributed by atoms with Crippen molar-refractivity contribution in [2.24, 2.45) is 0 Å². The van der Waals surface area contributed by atoms with Gasteiger partial charge >= 0.3 is 0 Å². The fourth-order valence-corrected chi connectivity index (χ4v) is 2.81. The number of aromatic nitrogens is 3. The monoisotopic (exact) mass is 267 g/mol. The first-order valence-corrected chi connectivity index (χ1v) is 7.05. The minimum absolute atomic E-state index is 0.822. The summed E-state index contributed by atoms with van der Waals surface area (Å²) in [5.41, 5.74) is 3.29. The normalized spacial score (nSPS) is 10.8. The Morgan fingerprint density at radius 3 is 2.84 bits per heavy atom. The largest absolute Gasteiger partial charge is 0.260 e. The van der Waals surface area contributed by atoms with Crippen LogP contribution in [0.2, 0.25) is 0 Å². The Balaban J connectivity index is 1.86. The summed E-state index contributed by atoms with van der Waals surface area (Å²) in [5, 5.41) is 2.11. The third-order valence-corrected chi connectivity index (χ3v) is 3.87. The Labute approximate surface area is 116 Å². The second-order valence-electron chi connectivity index (χ2n) is 4.31. The van der Waals surface area contributed by atoms with Crippen LogP contribution in [-0.4, -0.2) is 15.0 Å². The van der Waals surface area contributed by atoms with Gasteiger partial charge in [-0.2, -0.15) is 0 Å². The van der Waals surface area contributed by atoms with E-state index in [0.717, 1.165) is 27.4 Å². The minimum Gasteiger partial charge on any atom is -0.260 e. The van der Waals surface area contributed by atoms with Crippen molar-refractivity contribution in [3.05, 3.63) is 60.2 Å². The molecule has 0 amide bonds. The molecule has 2 heterocycles. The summed E-state index contributed by atoms with van der Waals surface area (Å²) in [6.45, 7) is 2.08. The molecular formula is C15H13N3S. The van der Waals surface area contributed by atoms with Gasteiger partial charge in [0.05, 0.1) is 11.2 Å². The number of thioether (sulfide) groups is 1. The number of nitrogens with zero attached hydrogens (tertiary/aromatic N) is 3. The maximum Gasteiger partial charge on any atom is 0.117 e. The molecule has 0 unspecified atom stereocenters. The lowest BCUT2D eigenvalue weighted by atomic mass is 10.2. The molecule has 3 aromatic rings. The van der Waals surface area contributed by atoms with Crippen LogP contribution in [0, 0.1) is 6.92 Å². The van der Waals surface area contributed by atoms with Crippen LogP contribution in [-0.2, 0) is 5.75 Å². The second kappa shape index (κ2) is 5.36. The maximum absolute atomic E-state index is 4.37. The fourth-order valence-electron chi connectivity index (χ4n) is 1.92. The third-order valence-electron chi connectivity index (χ3n) is 2.84. The third kappa shape index (κ3) is 2.74. The topological polar surface area (TPSA) is 38.7 Å². The lowest BCUT2D eigenvalue weighted by Gasteiger charge is -2.04. The van der Waals surface area contributed by atoms with Crippen LogP contribution in [0.1, 0.15) is 11.3 Å². The van der Waals surface area contributed by atoms with Crippen molar-refractivity contribution in [2.75, 3.05) is 0 Å². The maximum atomic E-state index is 4.37. The van der Waals surface area contributed by atoms with Gasteiger partial charge in [0.25, 0.3) is 0 Å². The predicted molar refractivity (Wildman–Crippen MR) is 78.1 cm³/mol. The molecule has 19 heavy (non-hydrogen) atoms. The zero-order valence-corrected chi connectivity index (χ0v) is 11.4. The van der Waals surface area contributed by atoms with Gasteiger partial charge in [-0.05, 0) is 30.7 Å². The van der Waals surface area contributed by atoms with Gasteiger partial charge in [-0.1, -0.05) is 30.0 Å². The van der Waals surface area contributed by atoms with E-state index in [1.54, 1.807) is 18.1 Å². The van der Waals surface area contributed by atoms with Crippen molar-refractivity contribution >= 4 is 22.7 Å². The molecule has 0 aliphatic heterocycles. The van der Waals surface area contributed by atoms with Crippen molar-refractivity contribution in [1.29, 1.82) is 0 Å². The number of hydrogen-bond acceptors (Lipinski definition) is 4. The highest BCUT2D eigenvalue weighted by Crippen LogP contribution is 2.26. The average molecular weight is 267 g/mol. The lowest BCUT2D eigenvalue weighted by molar-refractivity contribution is 1.09. The van der Waals surface area contributed by atoms with Gasteiger partial charge in [-0.3, -0.25) is 4.98 Å². The van der Waals surface area contributed by atoms with Crippen LogP contribution in [0.15, 0.2) is 53.9 Å². The van der Waals surface area contributed by atoms with Crippen LogP contribution in [0.5, 0.6) is 0 Å². The van der Waals surface area contributed by atoms with Crippen LogP contribution in [0.25, 0.3) is 10.9 Å². The molecule has 3 nitrogen and oxygen atoms in total. The molecule has 0 N–H and O–H groups in total. The van der Waals surface area contributed by atoms with E-state index in [-0.39, 0.29) is 0 Å². The second-order valence-corrected chi connectivity index (χ2v) is 5.27. The van der Waals surface area contributed by atoms with E-state index in [1.165, 1.54) is 5.56 Å². The highest BCUT2D eigenvalue weighted by molar-refractivity contribution is 7.98. The van der Waals surface area contributed by atoms with Crippen LogP contribution in [0.4, 0.5) is 0 Å². The average Bonchev–Trinajstić information content (AvgIpc) is 2.45. The van der Waals surface area contributed by atoms with Gasteiger partial charge in [0.15, 0.2) is 0 Å². The summed E-state index contributed by atoms with van der Waals surface area (Å²) in [7, 11) is 0. The number of aryl methyl sites for hydroxylation is 1. The Hall–Kier alpha value is -1.94. The van der Waals surface area contributed by atoms with Crippen LogP contribution in [0.3, 0.4) is 0 Å². The van der Waals surface area contributed by atoms with Gasteiger partial charge in [0, 0.05) is 17.3 Å². The van der Waals surface area contributed by atoms with E-state index >= 15 is 0 Å². The summed E-state index contributed by atoms with van der Waals surface area (Å²) in [5.74, 6) is 0.822. The van der Waals surface area contributed by atoms with E-state index in [0.29, 0.717) is 0 Å². The predicted octanol–water partition coefficient (Wildman–Crippen LogP) is 3.63. The number of para-hydroxylation sites is 1. The number of pyridine rings is 1. The molecule has 0 saturated heterocycles. The van der Waals surface area contributed by atoms with Crippen molar-refractivity contribution in [3.63, 3.8) is 0 Å². The molecule has 4 heteroatoms. The standard InChI is InChI=1S/C15H13N3S/c1-11-6-7-16-12(8-11)9-19-15-13-4-2-3-5-14(13)17-10-18-15/h2-8,10H,9H2,1H3. The molecule has 0 aliphatic carbocycles. The first-order chi connectivity index (χ1) is 9.33. The van der Waals surface area contributed by atoms with Gasteiger partial charge in [-0.15, -0.1) is 0 Å². The molecule has 0 spiro atoms. The molecule has 0 aliphatic rings. The molecule has 3 rings (SSSR count). The Morgan fingerprint density at radius 2 is 1.95 bits per heavy atom. The SMILES string of the molecule is Cc1ccnc(CSc2ncnc3ccccc23)c1. The Bertz CT molecular complexity index is 707. The lowest BCUT2D eigenvalue weighted by Crippen LogP contribution is -1.90. The van der Waals surface area contributed by atoms with Crippen molar-refractivity contribution < 1.29 is 0 Å². The van der Waals surface area contributed by atoms with Crippen molar-refractivity contribution in [3.8, 4) is 0 Å². The summed E-state index contributed by atoms with van der Waals surface area (Å²) < 4.78 is 0. The molecule has 0 radical (unpaired) electrons. The van der Waals surface area contributed by atoms with E-state index < -0.39 is 0 Å². The molecule has 2 aromatic heterocycles. The first-order valence-electron chi connectivity index (χ1n) is 6.07. The molecule has 0 atom stereocenters. The summed E-state index contributed by atoms with van der Waals surface area (Å²) >= 11 is 1.70. The van der Waals surface area contributed by atoms with E-state index in [4.69, 9.17) is 0 Å². The van der Waals surface area contributed by atoms with E-state index in [9.17, 15) is 0 Å². The molecular weight excluding hydrogens is 254 g/mol. The number of hydrogen-bond donors (Lipinski definition) is 0. The molecule has 0 fully saturated rings. The van der Waals surface area contributed by atoms with Crippen LogP contribution >= 0.6 is 11.8 Å². The van der Waals surface area contributed by atoms with Crippen molar-refractivity contribution in [2.45, 2.75) is 17.7 Å². The minimum atomic E-state index is 0.822. The van der Waals surface area contributed by atoms with E-state index in [1.807, 2.05) is 30.5 Å². The van der Waals surface area contributed by atoms with Crippen molar-refractivity contribution in [1.82, 2.24) is 15.0 Å². The van der Waals surface area contributed by atoms with Gasteiger partial charge in [0.1, 0.15) is 11.4 Å². The molecule has 94 valence electrons. The number of benzene rings is 1.